The Morgan fingerprint density at radius 2 is 2.15 bits per heavy atom. The molecule has 0 bridgehead atoms. The topological polar surface area (TPSA) is 30.7 Å². The molecule has 0 aliphatic rings. The Morgan fingerprint density at radius 1 is 1.31 bits per heavy atom. The van der Waals surface area contributed by atoms with Crippen molar-refractivity contribution in [1.29, 1.82) is 0 Å². The average molecular weight is 171 g/mol. The Hall–Kier alpha value is -1.90. The number of nitrogens with zero attached hydrogens (tertiary/aromatic N) is 3. The minimum atomic E-state index is 0.899. The number of hydrogen-bond donors (Lipinski definition) is 0. The molecule has 0 aliphatic carbocycles. The van der Waals surface area contributed by atoms with Crippen molar-refractivity contribution in [1.82, 2.24) is 15.0 Å². The van der Waals surface area contributed by atoms with Crippen molar-refractivity contribution in [2.45, 2.75) is 0 Å². The smallest absolute Gasteiger partial charge is 0.113 e. The SMILES string of the molecule is C=C/C=C/n1nnc2ccccc21. The zero-order valence-electron chi connectivity index (χ0n) is 7.09. The van der Waals surface area contributed by atoms with Gasteiger partial charge in [0.15, 0.2) is 0 Å². The normalized spacial score (nSPS) is 11.1. The van der Waals surface area contributed by atoms with E-state index >= 15 is 0 Å². The minimum Gasteiger partial charge on any atom is -0.220 e. The van der Waals surface area contributed by atoms with Crippen LogP contribution in [0.4, 0.5) is 0 Å². The van der Waals surface area contributed by atoms with Gasteiger partial charge < -0.3 is 0 Å². The van der Waals surface area contributed by atoms with Gasteiger partial charge in [0.1, 0.15) is 5.52 Å². The molecule has 0 amide bonds. The van der Waals surface area contributed by atoms with Crippen LogP contribution < -0.4 is 0 Å². The van der Waals surface area contributed by atoms with Crippen LogP contribution in [-0.4, -0.2) is 15.0 Å². The molecule has 64 valence electrons. The second-order valence-corrected chi connectivity index (χ2v) is 2.60. The third kappa shape index (κ3) is 1.36. The van der Waals surface area contributed by atoms with Crippen molar-refractivity contribution in [3.8, 4) is 0 Å². The van der Waals surface area contributed by atoms with Crippen LogP contribution in [0.3, 0.4) is 0 Å². The highest BCUT2D eigenvalue weighted by atomic mass is 15.4. The summed E-state index contributed by atoms with van der Waals surface area (Å²) in [6.07, 6.45) is 5.35. The largest absolute Gasteiger partial charge is 0.220 e. The summed E-state index contributed by atoms with van der Waals surface area (Å²) in [6, 6.07) is 7.81. The van der Waals surface area contributed by atoms with Crippen LogP contribution >= 0.6 is 0 Å². The number of allylic oxidation sites excluding steroid dienone is 2. The predicted molar refractivity (Wildman–Crippen MR) is 53.1 cm³/mol. The third-order valence-electron chi connectivity index (χ3n) is 1.74. The molecule has 0 N–H and O–H groups in total. The van der Waals surface area contributed by atoms with E-state index in [1.54, 1.807) is 10.8 Å². The molecule has 3 nitrogen and oxygen atoms in total. The fraction of sp³-hybridized carbons (Fsp3) is 0. The fourth-order valence-electron chi connectivity index (χ4n) is 1.14. The summed E-state index contributed by atoms with van der Waals surface area (Å²) >= 11 is 0. The molecule has 0 fully saturated rings. The zero-order valence-corrected chi connectivity index (χ0v) is 7.09. The average Bonchev–Trinajstić information content (AvgIpc) is 2.58. The number of aromatic nitrogens is 3. The first-order valence-corrected chi connectivity index (χ1v) is 4.01. The summed E-state index contributed by atoms with van der Waals surface area (Å²) in [6.45, 7) is 3.59. The lowest BCUT2D eigenvalue weighted by atomic mass is 10.3. The first-order valence-electron chi connectivity index (χ1n) is 4.01. The molecule has 1 aromatic heterocycles. The second kappa shape index (κ2) is 3.23. The maximum atomic E-state index is 4.00. The van der Waals surface area contributed by atoms with E-state index in [1.807, 2.05) is 36.5 Å². The van der Waals surface area contributed by atoms with Crippen LogP contribution in [0.1, 0.15) is 0 Å². The predicted octanol–water partition coefficient (Wildman–Crippen LogP) is 2.09. The van der Waals surface area contributed by atoms with Gasteiger partial charge in [-0.15, -0.1) is 5.10 Å². The van der Waals surface area contributed by atoms with Crippen molar-refractivity contribution < 1.29 is 0 Å². The molecular formula is C10H9N3. The van der Waals surface area contributed by atoms with Gasteiger partial charge in [-0.1, -0.05) is 30.0 Å². The Labute approximate surface area is 76.0 Å². The maximum Gasteiger partial charge on any atom is 0.113 e. The van der Waals surface area contributed by atoms with Crippen molar-refractivity contribution in [2.24, 2.45) is 0 Å². The van der Waals surface area contributed by atoms with E-state index in [2.05, 4.69) is 16.9 Å². The molecule has 0 aliphatic heterocycles. The zero-order chi connectivity index (χ0) is 9.10. The minimum absolute atomic E-state index is 0.899. The van der Waals surface area contributed by atoms with Gasteiger partial charge in [0, 0.05) is 6.20 Å². The van der Waals surface area contributed by atoms with Gasteiger partial charge in [-0.05, 0) is 18.2 Å². The Balaban J connectivity index is 2.57. The quantitative estimate of drug-likeness (QED) is 0.648. The first kappa shape index (κ1) is 7.73. The summed E-state index contributed by atoms with van der Waals surface area (Å²) < 4.78 is 1.72. The van der Waals surface area contributed by atoms with Crippen LogP contribution in [0.2, 0.25) is 0 Å². The van der Waals surface area contributed by atoms with Gasteiger partial charge in [0.25, 0.3) is 0 Å². The molecule has 0 saturated carbocycles. The van der Waals surface area contributed by atoms with Crippen molar-refractivity contribution in [2.75, 3.05) is 0 Å². The van der Waals surface area contributed by atoms with Crippen molar-refractivity contribution in [3.05, 3.63) is 43.0 Å². The number of fused-ring (bicyclic) bond motifs is 1. The summed E-state index contributed by atoms with van der Waals surface area (Å²) in [7, 11) is 0. The van der Waals surface area contributed by atoms with Crippen LogP contribution in [0.5, 0.6) is 0 Å². The summed E-state index contributed by atoms with van der Waals surface area (Å²) in [4.78, 5) is 0. The van der Waals surface area contributed by atoms with Gasteiger partial charge in [0.05, 0.1) is 5.52 Å². The Bertz CT molecular complexity index is 454. The van der Waals surface area contributed by atoms with Crippen LogP contribution in [0.15, 0.2) is 43.0 Å². The van der Waals surface area contributed by atoms with Gasteiger partial charge >= 0.3 is 0 Å². The molecule has 1 heterocycles. The van der Waals surface area contributed by atoms with Gasteiger partial charge in [0.2, 0.25) is 0 Å². The molecule has 2 rings (SSSR count). The van der Waals surface area contributed by atoms with E-state index in [4.69, 9.17) is 0 Å². The monoisotopic (exact) mass is 171 g/mol. The lowest BCUT2D eigenvalue weighted by molar-refractivity contribution is 0.861. The van der Waals surface area contributed by atoms with Gasteiger partial charge in [-0.2, -0.15) is 0 Å². The Morgan fingerprint density at radius 3 is 3.00 bits per heavy atom. The maximum absolute atomic E-state index is 4.00. The molecule has 13 heavy (non-hydrogen) atoms. The lowest BCUT2D eigenvalue weighted by Crippen LogP contribution is -1.87. The highest BCUT2D eigenvalue weighted by molar-refractivity contribution is 5.75. The van der Waals surface area contributed by atoms with Gasteiger partial charge in [-0.3, -0.25) is 0 Å². The molecule has 0 atom stereocenters. The molecule has 0 saturated heterocycles. The van der Waals surface area contributed by atoms with Crippen LogP contribution in [-0.2, 0) is 0 Å². The van der Waals surface area contributed by atoms with E-state index in [1.165, 1.54) is 0 Å². The van der Waals surface area contributed by atoms with Gasteiger partial charge in [-0.25, -0.2) is 4.68 Å². The van der Waals surface area contributed by atoms with Crippen molar-refractivity contribution >= 4 is 17.2 Å². The van der Waals surface area contributed by atoms with E-state index in [-0.39, 0.29) is 0 Å². The lowest BCUT2D eigenvalue weighted by Gasteiger charge is -1.90. The highest BCUT2D eigenvalue weighted by Crippen LogP contribution is 2.09. The van der Waals surface area contributed by atoms with Crippen LogP contribution in [0, 0.1) is 0 Å². The Kier molecular flexibility index (Phi) is 1.92. The van der Waals surface area contributed by atoms with Crippen LogP contribution in [0.25, 0.3) is 17.2 Å². The molecular weight excluding hydrogens is 162 g/mol. The summed E-state index contributed by atoms with van der Waals surface area (Å²) in [5, 5.41) is 7.96. The molecule has 3 heteroatoms. The second-order valence-electron chi connectivity index (χ2n) is 2.60. The van der Waals surface area contributed by atoms with E-state index in [0.717, 1.165) is 11.0 Å². The molecule has 0 unspecified atom stereocenters. The molecule has 2 aromatic rings. The van der Waals surface area contributed by atoms with E-state index in [0.29, 0.717) is 0 Å². The van der Waals surface area contributed by atoms with Crippen molar-refractivity contribution in [3.63, 3.8) is 0 Å². The number of rotatable bonds is 2. The standard InChI is InChI=1S/C10H9N3/c1-2-3-8-13-10-7-5-4-6-9(10)11-12-13/h2-8H,1H2/b8-3+. The molecule has 1 aromatic carbocycles. The summed E-state index contributed by atoms with van der Waals surface area (Å²) in [5.41, 5.74) is 1.90. The van der Waals surface area contributed by atoms with E-state index < -0.39 is 0 Å². The number of para-hydroxylation sites is 1. The molecule has 0 spiro atoms. The highest BCUT2D eigenvalue weighted by Gasteiger charge is 1.98. The number of benzene rings is 1. The first-order chi connectivity index (χ1) is 6.42. The number of hydrogen-bond acceptors (Lipinski definition) is 2. The fourth-order valence-corrected chi connectivity index (χ4v) is 1.14. The molecule has 0 radical (unpaired) electrons. The van der Waals surface area contributed by atoms with E-state index in [9.17, 15) is 0 Å². The summed E-state index contributed by atoms with van der Waals surface area (Å²) in [5.74, 6) is 0. The third-order valence-corrected chi connectivity index (χ3v) is 1.74.